The third-order valence-corrected chi connectivity index (χ3v) is 4.15. The van der Waals surface area contributed by atoms with Crippen molar-refractivity contribution in [2.75, 3.05) is 19.0 Å². The molecule has 0 aliphatic heterocycles. The van der Waals surface area contributed by atoms with Gasteiger partial charge in [0.15, 0.2) is 0 Å². The van der Waals surface area contributed by atoms with E-state index >= 15 is 0 Å². The first kappa shape index (κ1) is 17.7. The lowest BCUT2D eigenvalue weighted by molar-refractivity contribution is 0.321. The largest absolute Gasteiger partial charge is 0.494 e. The van der Waals surface area contributed by atoms with E-state index in [1.807, 2.05) is 42.5 Å². The number of oxime groups is 1. The van der Waals surface area contributed by atoms with Crippen molar-refractivity contribution in [1.29, 1.82) is 0 Å². The number of methoxy groups -OCH3 is 1. The van der Waals surface area contributed by atoms with Crippen LogP contribution in [0.5, 0.6) is 5.75 Å². The number of unbranched alkanes of at least 4 members (excludes halogenated alkanes) is 1. The average molecular weight is 350 g/mol. The Labute approximate surface area is 152 Å². The molecule has 0 saturated heterocycles. The van der Waals surface area contributed by atoms with Gasteiger partial charge in [-0.3, -0.25) is 9.97 Å². The summed E-state index contributed by atoms with van der Waals surface area (Å²) in [7, 11) is 1.66. The SMILES string of the molecule is COc1cccc2c(NCCCCc3cccc(/C=N\O)n3)ccnc12. The summed E-state index contributed by atoms with van der Waals surface area (Å²) in [5, 5.41) is 16.1. The predicted octanol–water partition coefficient (Wildman–Crippen LogP) is 3.88. The number of para-hydroxylation sites is 1. The van der Waals surface area contributed by atoms with E-state index in [-0.39, 0.29) is 0 Å². The van der Waals surface area contributed by atoms with Crippen molar-refractivity contribution in [3.8, 4) is 5.75 Å². The number of anilines is 1. The lowest BCUT2D eigenvalue weighted by Crippen LogP contribution is -2.04. The molecule has 2 aromatic heterocycles. The molecule has 134 valence electrons. The van der Waals surface area contributed by atoms with Crippen LogP contribution in [0.15, 0.2) is 53.8 Å². The van der Waals surface area contributed by atoms with Crippen molar-refractivity contribution in [2.45, 2.75) is 19.3 Å². The number of rotatable bonds is 8. The zero-order valence-electron chi connectivity index (χ0n) is 14.7. The first-order chi connectivity index (χ1) is 12.8. The molecule has 1 aromatic carbocycles. The van der Waals surface area contributed by atoms with Crippen LogP contribution in [0.4, 0.5) is 5.69 Å². The second-order valence-corrected chi connectivity index (χ2v) is 5.90. The average Bonchev–Trinajstić information content (AvgIpc) is 2.68. The highest BCUT2D eigenvalue weighted by atomic mass is 16.5. The number of fused-ring (bicyclic) bond motifs is 1. The minimum atomic E-state index is 0.667. The fraction of sp³-hybridized carbons (Fsp3) is 0.250. The number of hydrogen-bond donors (Lipinski definition) is 2. The number of aromatic nitrogens is 2. The Balaban J connectivity index is 1.54. The highest BCUT2D eigenvalue weighted by Crippen LogP contribution is 2.28. The summed E-state index contributed by atoms with van der Waals surface area (Å²) in [6, 6.07) is 13.7. The second kappa shape index (κ2) is 8.80. The van der Waals surface area contributed by atoms with Crippen LogP contribution >= 0.6 is 0 Å². The monoisotopic (exact) mass is 350 g/mol. The van der Waals surface area contributed by atoms with Crippen LogP contribution < -0.4 is 10.1 Å². The van der Waals surface area contributed by atoms with Crippen LogP contribution in [0, 0.1) is 0 Å². The smallest absolute Gasteiger partial charge is 0.145 e. The summed E-state index contributed by atoms with van der Waals surface area (Å²) in [5.41, 5.74) is 3.60. The highest BCUT2D eigenvalue weighted by molar-refractivity contribution is 5.94. The van der Waals surface area contributed by atoms with Crippen molar-refractivity contribution >= 4 is 22.8 Å². The molecule has 3 aromatic rings. The normalized spacial score (nSPS) is 11.1. The van der Waals surface area contributed by atoms with Crippen molar-refractivity contribution in [2.24, 2.45) is 5.16 Å². The molecule has 0 aliphatic carbocycles. The molecular weight excluding hydrogens is 328 g/mol. The van der Waals surface area contributed by atoms with Crippen LogP contribution in [0.25, 0.3) is 10.9 Å². The lowest BCUT2D eigenvalue weighted by atomic mass is 10.1. The summed E-state index contributed by atoms with van der Waals surface area (Å²) >= 11 is 0. The quantitative estimate of drug-likeness (QED) is 0.279. The third kappa shape index (κ3) is 4.27. The molecule has 0 amide bonds. The van der Waals surface area contributed by atoms with Gasteiger partial charge in [0, 0.05) is 29.5 Å². The number of ether oxygens (including phenoxy) is 1. The van der Waals surface area contributed by atoms with Gasteiger partial charge in [0.1, 0.15) is 11.3 Å². The van der Waals surface area contributed by atoms with E-state index in [4.69, 9.17) is 9.94 Å². The second-order valence-electron chi connectivity index (χ2n) is 5.90. The van der Waals surface area contributed by atoms with Gasteiger partial charge in [-0.1, -0.05) is 23.4 Å². The molecule has 26 heavy (non-hydrogen) atoms. The predicted molar refractivity (Wildman–Crippen MR) is 103 cm³/mol. The van der Waals surface area contributed by atoms with Gasteiger partial charge in [-0.25, -0.2) is 0 Å². The molecule has 0 unspecified atom stereocenters. The molecule has 0 bridgehead atoms. The Morgan fingerprint density at radius 2 is 2.04 bits per heavy atom. The van der Waals surface area contributed by atoms with E-state index < -0.39 is 0 Å². The van der Waals surface area contributed by atoms with Gasteiger partial charge in [0.05, 0.1) is 19.0 Å². The molecule has 2 N–H and O–H groups in total. The molecule has 0 radical (unpaired) electrons. The summed E-state index contributed by atoms with van der Waals surface area (Å²) in [6.07, 6.45) is 6.07. The topological polar surface area (TPSA) is 79.6 Å². The van der Waals surface area contributed by atoms with E-state index in [9.17, 15) is 0 Å². The fourth-order valence-corrected chi connectivity index (χ4v) is 2.89. The molecule has 0 fully saturated rings. The van der Waals surface area contributed by atoms with Crippen molar-refractivity contribution in [3.63, 3.8) is 0 Å². The Bertz CT molecular complexity index is 896. The zero-order chi connectivity index (χ0) is 18.2. The molecule has 0 saturated carbocycles. The number of nitrogens with one attached hydrogen (secondary N) is 1. The van der Waals surface area contributed by atoms with Crippen LogP contribution in [0.2, 0.25) is 0 Å². The molecular formula is C20H22N4O2. The van der Waals surface area contributed by atoms with Crippen molar-refractivity contribution in [3.05, 3.63) is 60.0 Å². The number of pyridine rings is 2. The van der Waals surface area contributed by atoms with Crippen LogP contribution in [0.1, 0.15) is 24.2 Å². The summed E-state index contributed by atoms with van der Waals surface area (Å²) in [5.74, 6) is 0.781. The number of nitrogens with zero attached hydrogens (tertiary/aromatic N) is 3. The Morgan fingerprint density at radius 3 is 2.88 bits per heavy atom. The number of aryl methyl sites for hydroxylation is 1. The van der Waals surface area contributed by atoms with E-state index in [2.05, 4.69) is 20.4 Å². The van der Waals surface area contributed by atoms with Crippen LogP contribution in [-0.4, -0.2) is 35.0 Å². The molecule has 0 atom stereocenters. The van der Waals surface area contributed by atoms with Crippen molar-refractivity contribution in [1.82, 2.24) is 9.97 Å². The Morgan fingerprint density at radius 1 is 1.15 bits per heavy atom. The molecule has 6 nitrogen and oxygen atoms in total. The van der Waals surface area contributed by atoms with Gasteiger partial charge < -0.3 is 15.3 Å². The van der Waals surface area contributed by atoms with Crippen LogP contribution in [-0.2, 0) is 6.42 Å². The van der Waals surface area contributed by atoms with Crippen LogP contribution in [0.3, 0.4) is 0 Å². The van der Waals surface area contributed by atoms with E-state index in [0.29, 0.717) is 5.69 Å². The summed E-state index contributed by atoms with van der Waals surface area (Å²) in [4.78, 5) is 8.84. The highest BCUT2D eigenvalue weighted by Gasteiger charge is 2.06. The van der Waals surface area contributed by atoms with Crippen molar-refractivity contribution < 1.29 is 9.94 Å². The molecule has 3 rings (SSSR count). The van der Waals surface area contributed by atoms with E-state index in [1.54, 1.807) is 13.3 Å². The van der Waals surface area contributed by atoms with Gasteiger partial charge in [0.2, 0.25) is 0 Å². The molecule has 6 heteroatoms. The first-order valence-electron chi connectivity index (χ1n) is 8.61. The van der Waals surface area contributed by atoms with Gasteiger partial charge in [-0.05, 0) is 43.5 Å². The number of benzene rings is 1. The van der Waals surface area contributed by atoms with Gasteiger partial charge >= 0.3 is 0 Å². The standard InChI is InChI=1S/C20H22N4O2/c1-26-19-10-5-9-17-18(11-13-22-20(17)19)21-12-3-2-6-15-7-4-8-16(24-15)14-23-25/h4-5,7-11,13-14,25H,2-3,6,12H2,1H3,(H,21,22)/b23-14-. The molecule has 2 heterocycles. The molecule has 0 spiro atoms. The maximum absolute atomic E-state index is 8.58. The summed E-state index contributed by atoms with van der Waals surface area (Å²) < 4.78 is 5.38. The minimum absolute atomic E-state index is 0.667. The Hall–Kier alpha value is -3.15. The zero-order valence-corrected chi connectivity index (χ0v) is 14.7. The van der Waals surface area contributed by atoms with E-state index in [1.165, 1.54) is 6.21 Å². The van der Waals surface area contributed by atoms with Gasteiger partial charge in [-0.15, -0.1) is 0 Å². The Kier molecular flexibility index (Phi) is 5.98. The fourth-order valence-electron chi connectivity index (χ4n) is 2.89. The summed E-state index contributed by atoms with van der Waals surface area (Å²) in [6.45, 7) is 0.869. The lowest BCUT2D eigenvalue weighted by Gasteiger charge is -2.11. The third-order valence-electron chi connectivity index (χ3n) is 4.15. The maximum Gasteiger partial charge on any atom is 0.145 e. The minimum Gasteiger partial charge on any atom is -0.494 e. The van der Waals surface area contributed by atoms with Gasteiger partial charge in [0.25, 0.3) is 0 Å². The molecule has 0 aliphatic rings. The number of hydrogen-bond acceptors (Lipinski definition) is 6. The van der Waals surface area contributed by atoms with E-state index in [0.717, 1.165) is 53.8 Å². The maximum atomic E-state index is 8.58. The first-order valence-corrected chi connectivity index (χ1v) is 8.61. The van der Waals surface area contributed by atoms with Gasteiger partial charge in [-0.2, -0.15) is 0 Å².